The lowest BCUT2D eigenvalue weighted by Gasteiger charge is -2.21. The van der Waals surface area contributed by atoms with Gasteiger partial charge < -0.3 is 10.4 Å². The van der Waals surface area contributed by atoms with Crippen molar-refractivity contribution in [2.24, 2.45) is 0 Å². The molecule has 0 amide bonds. The van der Waals surface area contributed by atoms with E-state index in [1.54, 1.807) is 0 Å². The molecule has 0 aromatic heterocycles. The first-order valence-corrected chi connectivity index (χ1v) is 8.34. The first-order valence-electron chi connectivity index (χ1n) is 7.96. The fourth-order valence-corrected chi connectivity index (χ4v) is 3.65. The molecule has 0 heterocycles. The van der Waals surface area contributed by atoms with Crippen LogP contribution in [0, 0.1) is 0 Å². The van der Waals surface area contributed by atoms with Gasteiger partial charge in [-0.3, -0.25) is 0 Å². The van der Waals surface area contributed by atoms with Crippen molar-refractivity contribution in [3.63, 3.8) is 0 Å². The maximum absolute atomic E-state index is 9.34. The molecule has 2 N–H and O–H groups in total. The van der Waals surface area contributed by atoms with Crippen LogP contribution in [0.25, 0.3) is 0 Å². The number of rotatable bonds is 6. The van der Waals surface area contributed by atoms with E-state index in [0.717, 1.165) is 30.8 Å². The fraction of sp³-hybridized carbons (Fsp3) is 0.368. The average Bonchev–Trinajstić information content (AvgIpc) is 2.97. The molecule has 0 saturated heterocycles. The third-order valence-corrected chi connectivity index (χ3v) is 4.93. The lowest BCUT2D eigenvalue weighted by molar-refractivity contribution is 0.272. The van der Waals surface area contributed by atoms with Gasteiger partial charge in [-0.2, -0.15) is 0 Å². The predicted octanol–water partition coefficient (Wildman–Crippen LogP) is 4.08. The maximum Gasteiger partial charge on any atom is 0.0441 e. The van der Waals surface area contributed by atoms with Gasteiger partial charge in [0.25, 0.3) is 0 Å². The minimum absolute atomic E-state index is 0.217. The quantitative estimate of drug-likeness (QED) is 0.841. The Morgan fingerprint density at radius 3 is 2.73 bits per heavy atom. The Labute approximate surface area is 137 Å². The third kappa shape index (κ3) is 3.35. The highest BCUT2D eigenvalue weighted by atomic mass is 35.5. The molecule has 2 aromatic carbocycles. The second-order valence-electron chi connectivity index (χ2n) is 5.93. The van der Waals surface area contributed by atoms with Crippen LogP contribution in [-0.4, -0.2) is 18.3 Å². The summed E-state index contributed by atoms with van der Waals surface area (Å²) in [5.41, 5.74) is 3.91. The minimum Gasteiger partial charge on any atom is -0.396 e. The molecule has 2 unspecified atom stereocenters. The van der Waals surface area contributed by atoms with Crippen LogP contribution in [0.15, 0.2) is 48.5 Å². The monoisotopic (exact) mass is 315 g/mol. The van der Waals surface area contributed by atoms with Crippen molar-refractivity contribution < 1.29 is 5.11 Å². The molecule has 0 saturated carbocycles. The van der Waals surface area contributed by atoms with Crippen molar-refractivity contribution >= 4 is 11.6 Å². The molecule has 2 nitrogen and oxygen atoms in total. The minimum atomic E-state index is 0.217. The van der Waals surface area contributed by atoms with Crippen molar-refractivity contribution in [1.82, 2.24) is 5.32 Å². The van der Waals surface area contributed by atoms with Gasteiger partial charge in [-0.25, -0.2) is 0 Å². The van der Waals surface area contributed by atoms with E-state index in [1.807, 2.05) is 18.2 Å². The SMILES string of the molecule is OCCC(CNC1CCc2c(Cl)cccc21)c1ccccc1. The highest BCUT2D eigenvalue weighted by molar-refractivity contribution is 6.31. The molecule has 0 spiro atoms. The van der Waals surface area contributed by atoms with Crippen LogP contribution >= 0.6 is 11.6 Å². The molecule has 3 heteroatoms. The van der Waals surface area contributed by atoms with E-state index in [2.05, 4.69) is 35.6 Å². The van der Waals surface area contributed by atoms with Gasteiger partial charge in [0.05, 0.1) is 0 Å². The smallest absolute Gasteiger partial charge is 0.0441 e. The molecule has 1 aliphatic rings. The summed E-state index contributed by atoms with van der Waals surface area (Å²) >= 11 is 6.28. The summed E-state index contributed by atoms with van der Waals surface area (Å²) in [6, 6.07) is 17.0. The number of aliphatic hydroxyl groups excluding tert-OH is 1. The number of hydrogen-bond acceptors (Lipinski definition) is 2. The molecule has 0 bridgehead atoms. The van der Waals surface area contributed by atoms with Gasteiger partial charge in [0, 0.05) is 24.2 Å². The fourth-order valence-electron chi connectivity index (χ4n) is 3.37. The number of benzene rings is 2. The van der Waals surface area contributed by atoms with E-state index >= 15 is 0 Å². The van der Waals surface area contributed by atoms with E-state index < -0.39 is 0 Å². The van der Waals surface area contributed by atoms with Crippen molar-refractivity contribution in [3.8, 4) is 0 Å². The topological polar surface area (TPSA) is 32.3 Å². The summed E-state index contributed by atoms with van der Waals surface area (Å²) < 4.78 is 0. The van der Waals surface area contributed by atoms with Gasteiger partial charge in [0.15, 0.2) is 0 Å². The van der Waals surface area contributed by atoms with Crippen molar-refractivity contribution in [1.29, 1.82) is 0 Å². The molecule has 0 aliphatic heterocycles. The molecule has 2 aromatic rings. The zero-order valence-electron chi connectivity index (χ0n) is 12.6. The Hall–Kier alpha value is -1.35. The predicted molar refractivity (Wildman–Crippen MR) is 91.4 cm³/mol. The number of nitrogens with one attached hydrogen (secondary N) is 1. The maximum atomic E-state index is 9.34. The van der Waals surface area contributed by atoms with Crippen LogP contribution in [0.3, 0.4) is 0 Å². The first kappa shape index (κ1) is 15.5. The largest absolute Gasteiger partial charge is 0.396 e. The highest BCUT2D eigenvalue weighted by Crippen LogP contribution is 2.35. The lowest BCUT2D eigenvalue weighted by atomic mass is 9.95. The Morgan fingerprint density at radius 2 is 1.95 bits per heavy atom. The summed E-state index contributed by atoms with van der Waals surface area (Å²) in [5.74, 6) is 0.342. The van der Waals surface area contributed by atoms with E-state index in [-0.39, 0.29) is 6.61 Å². The van der Waals surface area contributed by atoms with E-state index in [4.69, 9.17) is 11.6 Å². The van der Waals surface area contributed by atoms with Crippen LogP contribution in [0.5, 0.6) is 0 Å². The normalized spacial score (nSPS) is 18.2. The Kier molecular flexibility index (Phi) is 5.14. The lowest BCUT2D eigenvalue weighted by Crippen LogP contribution is -2.25. The Balaban J connectivity index is 1.68. The zero-order chi connectivity index (χ0) is 15.4. The molecule has 2 atom stereocenters. The summed E-state index contributed by atoms with van der Waals surface area (Å²) in [5, 5.41) is 13.9. The van der Waals surface area contributed by atoms with Crippen LogP contribution in [0.2, 0.25) is 5.02 Å². The van der Waals surface area contributed by atoms with Gasteiger partial charge in [-0.15, -0.1) is 0 Å². The second kappa shape index (κ2) is 7.28. The average molecular weight is 316 g/mol. The molecule has 1 aliphatic carbocycles. The van der Waals surface area contributed by atoms with Crippen LogP contribution < -0.4 is 5.32 Å². The van der Waals surface area contributed by atoms with Gasteiger partial charge in [-0.05, 0) is 47.9 Å². The van der Waals surface area contributed by atoms with Gasteiger partial charge >= 0.3 is 0 Å². The Bertz CT molecular complexity index is 614. The molecule has 22 heavy (non-hydrogen) atoms. The van der Waals surface area contributed by atoms with Crippen molar-refractivity contribution in [2.45, 2.75) is 31.2 Å². The van der Waals surface area contributed by atoms with Crippen LogP contribution in [0.4, 0.5) is 0 Å². The number of aliphatic hydroxyl groups is 1. The van der Waals surface area contributed by atoms with E-state index in [9.17, 15) is 5.11 Å². The summed E-state index contributed by atoms with van der Waals surface area (Å²) in [7, 11) is 0. The van der Waals surface area contributed by atoms with Gasteiger partial charge in [0.2, 0.25) is 0 Å². The summed E-state index contributed by atoms with van der Waals surface area (Å²) in [6.07, 6.45) is 2.93. The van der Waals surface area contributed by atoms with Crippen molar-refractivity contribution in [3.05, 3.63) is 70.2 Å². The first-order chi connectivity index (χ1) is 10.8. The number of halogens is 1. The summed E-state index contributed by atoms with van der Waals surface area (Å²) in [6.45, 7) is 1.09. The summed E-state index contributed by atoms with van der Waals surface area (Å²) in [4.78, 5) is 0. The molecule has 0 fully saturated rings. The highest BCUT2D eigenvalue weighted by Gasteiger charge is 2.24. The number of hydrogen-bond donors (Lipinski definition) is 2. The van der Waals surface area contributed by atoms with E-state index in [0.29, 0.717) is 12.0 Å². The second-order valence-corrected chi connectivity index (χ2v) is 6.33. The Morgan fingerprint density at radius 1 is 1.14 bits per heavy atom. The molecule has 116 valence electrons. The van der Waals surface area contributed by atoms with Crippen molar-refractivity contribution in [2.75, 3.05) is 13.2 Å². The standard InChI is InChI=1S/C19H22ClNO/c20-18-8-4-7-17-16(18)9-10-19(17)21-13-15(11-12-22)14-5-2-1-3-6-14/h1-8,15,19,21-22H,9-13H2. The van der Waals surface area contributed by atoms with E-state index in [1.165, 1.54) is 16.7 Å². The van der Waals surface area contributed by atoms with Gasteiger partial charge in [0.1, 0.15) is 0 Å². The van der Waals surface area contributed by atoms with Gasteiger partial charge in [-0.1, -0.05) is 54.1 Å². The van der Waals surface area contributed by atoms with Crippen LogP contribution in [0.1, 0.15) is 41.5 Å². The molecule has 3 rings (SSSR count). The molecular formula is C19H22ClNO. The third-order valence-electron chi connectivity index (χ3n) is 4.57. The zero-order valence-corrected chi connectivity index (χ0v) is 13.4. The molecule has 0 radical (unpaired) electrons. The molecular weight excluding hydrogens is 294 g/mol. The van der Waals surface area contributed by atoms with Crippen LogP contribution in [-0.2, 0) is 6.42 Å². The number of fused-ring (bicyclic) bond motifs is 1.